The summed E-state index contributed by atoms with van der Waals surface area (Å²) >= 11 is 9.76. The summed E-state index contributed by atoms with van der Waals surface area (Å²) in [5.41, 5.74) is 2.06. The molecule has 1 saturated heterocycles. The summed E-state index contributed by atoms with van der Waals surface area (Å²) in [6.07, 6.45) is 2.69. The molecule has 1 spiro atoms. The molecule has 134 valence electrons. The molecule has 1 aliphatic carbocycles. The van der Waals surface area contributed by atoms with E-state index in [4.69, 9.17) is 21.1 Å². The summed E-state index contributed by atoms with van der Waals surface area (Å²) in [7, 11) is 0. The highest BCUT2D eigenvalue weighted by Crippen LogP contribution is 2.76. The van der Waals surface area contributed by atoms with Gasteiger partial charge in [-0.1, -0.05) is 70.0 Å². The van der Waals surface area contributed by atoms with Crippen LogP contribution in [0.15, 0.2) is 71.3 Å². The first-order chi connectivity index (χ1) is 13.1. The normalized spacial score (nSPS) is 32.4. The van der Waals surface area contributed by atoms with Gasteiger partial charge in [0.1, 0.15) is 11.4 Å². The number of nitrogens with zero attached hydrogens (tertiary/aromatic N) is 1. The van der Waals surface area contributed by atoms with Gasteiger partial charge in [0.25, 0.3) is 0 Å². The Labute approximate surface area is 170 Å². The maximum absolute atomic E-state index is 6.75. The second kappa shape index (κ2) is 5.34. The molecule has 3 aromatic rings. The lowest BCUT2D eigenvalue weighted by Crippen LogP contribution is -2.43. The molecule has 1 unspecified atom stereocenters. The summed E-state index contributed by atoms with van der Waals surface area (Å²) in [6.45, 7) is 0. The van der Waals surface area contributed by atoms with E-state index < -0.39 is 11.2 Å². The zero-order chi connectivity index (χ0) is 18.2. The van der Waals surface area contributed by atoms with Crippen molar-refractivity contribution in [2.75, 3.05) is 0 Å². The second-order valence-electron chi connectivity index (χ2n) is 7.39. The lowest BCUT2D eigenvalue weighted by Gasteiger charge is -2.37. The van der Waals surface area contributed by atoms with Gasteiger partial charge in [-0.2, -0.15) is 0 Å². The van der Waals surface area contributed by atoms with Gasteiger partial charge in [0, 0.05) is 22.7 Å². The Morgan fingerprint density at radius 1 is 1.04 bits per heavy atom. The monoisotopic (exact) mass is 439 g/mol. The van der Waals surface area contributed by atoms with Crippen molar-refractivity contribution in [3.63, 3.8) is 0 Å². The van der Waals surface area contributed by atoms with E-state index in [0.29, 0.717) is 5.02 Å². The molecule has 6 rings (SSSR count). The minimum Gasteiger partial charge on any atom is -0.476 e. The van der Waals surface area contributed by atoms with Crippen molar-refractivity contribution < 1.29 is 9.47 Å². The van der Waals surface area contributed by atoms with Crippen molar-refractivity contribution in [2.45, 2.75) is 29.6 Å². The number of pyridine rings is 1. The highest BCUT2D eigenvalue weighted by molar-refractivity contribution is 9.10. The molecule has 3 heterocycles. The zero-order valence-electron chi connectivity index (χ0n) is 14.2. The Kier molecular flexibility index (Phi) is 3.19. The van der Waals surface area contributed by atoms with Crippen molar-refractivity contribution in [3.05, 3.63) is 93.2 Å². The predicted octanol–water partition coefficient (Wildman–Crippen LogP) is 5.57. The molecule has 0 bridgehead atoms. The van der Waals surface area contributed by atoms with Crippen LogP contribution in [0.1, 0.15) is 29.2 Å². The average molecular weight is 441 g/mol. The van der Waals surface area contributed by atoms with Crippen LogP contribution in [0.3, 0.4) is 0 Å². The predicted molar refractivity (Wildman–Crippen MR) is 106 cm³/mol. The van der Waals surface area contributed by atoms with E-state index in [-0.39, 0.29) is 12.0 Å². The third-order valence-corrected chi connectivity index (χ3v) is 6.87. The van der Waals surface area contributed by atoms with Crippen molar-refractivity contribution in [1.29, 1.82) is 0 Å². The van der Waals surface area contributed by atoms with E-state index in [0.717, 1.165) is 27.9 Å². The maximum Gasteiger partial charge on any atom is 0.184 e. The van der Waals surface area contributed by atoms with E-state index in [1.165, 1.54) is 5.56 Å². The largest absolute Gasteiger partial charge is 0.476 e. The van der Waals surface area contributed by atoms with E-state index in [2.05, 4.69) is 69.4 Å². The van der Waals surface area contributed by atoms with E-state index in [9.17, 15) is 0 Å². The standard InChI is InChI=1S/C22H15BrClNO2/c23-15-8-6-14(7-9-15)21-17(13-4-2-1-3-5-13)11-19-22(21,27-19)20-18(26-21)10-16(24)12-25-20/h1-10,12,17,19H,11H2/t17-,19?,21-,22+/m0/s1. The molecule has 1 saturated carbocycles. The van der Waals surface area contributed by atoms with Crippen LogP contribution in [-0.4, -0.2) is 11.1 Å². The second-order valence-corrected chi connectivity index (χ2v) is 8.74. The molecular weight excluding hydrogens is 426 g/mol. The van der Waals surface area contributed by atoms with Crippen molar-refractivity contribution in [1.82, 2.24) is 4.98 Å². The van der Waals surface area contributed by atoms with Crippen LogP contribution < -0.4 is 4.74 Å². The average Bonchev–Trinajstić information content (AvgIpc) is 3.23. The van der Waals surface area contributed by atoms with Crippen molar-refractivity contribution >= 4 is 27.5 Å². The summed E-state index contributed by atoms with van der Waals surface area (Å²) in [6, 6.07) is 20.8. The first kappa shape index (κ1) is 16.1. The first-order valence-corrected chi connectivity index (χ1v) is 10.2. The van der Waals surface area contributed by atoms with Gasteiger partial charge in [-0.05, 0) is 29.7 Å². The third-order valence-electron chi connectivity index (χ3n) is 6.13. The molecule has 5 heteroatoms. The fourth-order valence-corrected chi connectivity index (χ4v) is 5.49. The lowest BCUT2D eigenvalue weighted by molar-refractivity contribution is -0.0168. The van der Waals surface area contributed by atoms with E-state index in [1.807, 2.05) is 12.1 Å². The Bertz CT molecular complexity index is 1060. The number of epoxide rings is 1. The fourth-order valence-electron chi connectivity index (χ4n) is 5.08. The van der Waals surface area contributed by atoms with Gasteiger partial charge in [0.05, 0.1) is 11.1 Å². The number of ether oxygens (including phenoxy) is 2. The summed E-state index contributed by atoms with van der Waals surface area (Å²) in [4.78, 5) is 4.64. The molecule has 1 aromatic heterocycles. The van der Waals surface area contributed by atoms with Crippen LogP contribution in [0, 0.1) is 0 Å². The van der Waals surface area contributed by atoms with Gasteiger partial charge in [-0.25, -0.2) is 0 Å². The Morgan fingerprint density at radius 2 is 1.81 bits per heavy atom. The third kappa shape index (κ3) is 1.93. The van der Waals surface area contributed by atoms with Crippen LogP contribution in [-0.2, 0) is 15.9 Å². The molecule has 2 aromatic carbocycles. The topological polar surface area (TPSA) is 34.6 Å². The van der Waals surface area contributed by atoms with Gasteiger partial charge >= 0.3 is 0 Å². The molecule has 2 aliphatic heterocycles. The Morgan fingerprint density at radius 3 is 2.59 bits per heavy atom. The van der Waals surface area contributed by atoms with E-state index >= 15 is 0 Å². The summed E-state index contributed by atoms with van der Waals surface area (Å²) in [5.74, 6) is 0.903. The number of aromatic nitrogens is 1. The molecule has 0 N–H and O–H groups in total. The van der Waals surface area contributed by atoms with Gasteiger partial charge < -0.3 is 9.47 Å². The minimum absolute atomic E-state index is 0.0984. The molecule has 27 heavy (non-hydrogen) atoms. The molecule has 2 fully saturated rings. The molecular formula is C22H15BrClNO2. The smallest absolute Gasteiger partial charge is 0.184 e. The van der Waals surface area contributed by atoms with Crippen LogP contribution in [0.25, 0.3) is 0 Å². The molecule has 0 radical (unpaired) electrons. The van der Waals surface area contributed by atoms with Gasteiger partial charge in [-0.3, -0.25) is 4.98 Å². The van der Waals surface area contributed by atoms with Gasteiger partial charge in [-0.15, -0.1) is 0 Å². The number of halogens is 2. The minimum atomic E-state index is -0.639. The van der Waals surface area contributed by atoms with Crippen LogP contribution in [0.2, 0.25) is 5.02 Å². The molecule has 3 aliphatic rings. The SMILES string of the molecule is Clc1cnc2c(c1)O[C@@]1(c3ccc(Br)cc3)[C@H](c3ccccc3)CC3O[C@@]231. The zero-order valence-corrected chi connectivity index (χ0v) is 16.6. The van der Waals surface area contributed by atoms with E-state index in [1.54, 1.807) is 6.20 Å². The highest BCUT2D eigenvalue weighted by Gasteiger charge is 2.84. The van der Waals surface area contributed by atoms with Gasteiger partial charge in [0.2, 0.25) is 0 Å². The van der Waals surface area contributed by atoms with Crippen LogP contribution in [0.5, 0.6) is 5.75 Å². The number of hydrogen-bond donors (Lipinski definition) is 0. The molecule has 3 nitrogen and oxygen atoms in total. The fraction of sp³-hybridized carbons (Fsp3) is 0.227. The first-order valence-electron chi connectivity index (χ1n) is 8.99. The lowest BCUT2D eigenvalue weighted by atomic mass is 9.74. The summed E-state index contributed by atoms with van der Waals surface area (Å²) in [5, 5.41) is 0.574. The molecule has 0 amide bonds. The van der Waals surface area contributed by atoms with Crippen LogP contribution >= 0.6 is 27.5 Å². The number of benzene rings is 2. The highest BCUT2D eigenvalue weighted by atomic mass is 79.9. The quantitative estimate of drug-likeness (QED) is 0.489. The Balaban J connectivity index is 1.62. The van der Waals surface area contributed by atoms with Crippen molar-refractivity contribution in [2.24, 2.45) is 0 Å². The molecule has 4 atom stereocenters. The van der Waals surface area contributed by atoms with Crippen LogP contribution in [0.4, 0.5) is 0 Å². The number of rotatable bonds is 2. The number of fused-ring (bicyclic) bond motifs is 1. The summed E-state index contributed by atoms with van der Waals surface area (Å²) < 4.78 is 14.1. The maximum atomic E-state index is 6.75. The van der Waals surface area contributed by atoms with Gasteiger partial charge in [0.15, 0.2) is 11.2 Å². The Hall–Kier alpha value is -1.88. The van der Waals surface area contributed by atoms with Crippen molar-refractivity contribution in [3.8, 4) is 5.75 Å². The number of hydrogen-bond acceptors (Lipinski definition) is 3.